The van der Waals surface area contributed by atoms with Crippen LogP contribution in [0.2, 0.25) is 0 Å². The molecule has 0 aliphatic heterocycles. The summed E-state index contributed by atoms with van der Waals surface area (Å²) in [5.74, 6) is 5.21. The average Bonchev–Trinajstić information content (AvgIpc) is 2.12. The maximum Gasteiger partial charge on any atom is 0.163 e. The van der Waals surface area contributed by atoms with E-state index in [9.17, 15) is 0 Å². The summed E-state index contributed by atoms with van der Waals surface area (Å²) in [4.78, 5) is 1.31. The van der Waals surface area contributed by atoms with Crippen molar-refractivity contribution in [3.05, 3.63) is 6.33 Å². The molecule has 0 amide bonds. The third-order valence-electron chi connectivity index (χ3n) is 0.661. The van der Waals surface area contributed by atoms with Gasteiger partial charge in [-0.1, -0.05) is 0 Å². The van der Waals surface area contributed by atoms with Gasteiger partial charge in [-0.25, -0.2) is 11.0 Å². The summed E-state index contributed by atoms with van der Waals surface area (Å²) >= 11 is 0. The Morgan fingerprint density at radius 3 is 2.75 bits per heavy atom. The van der Waals surface area contributed by atoms with Crippen molar-refractivity contribution >= 4 is 0 Å². The van der Waals surface area contributed by atoms with Crippen molar-refractivity contribution in [2.75, 3.05) is 12.2 Å². The summed E-state index contributed by atoms with van der Waals surface area (Å²) < 4.78 is 0. The Morgan fingerprint density at radius 1 is 1.75 bits per heavy atom. The minimum Gasteiger partial charge on any atom is -0.233 e. The predicted molar refractivity (Wildman–Crippen MR) is 26.1 cm³/mol. The zero-order valence-corrected chi connectivity index (χ0v) is 4.39. The molecule has 0 bridgehead atoms. The first kappa shape index (κ1) is 4.98. The zero-order valence-electron chi connectivity index (χ0n) is 4.39. The second kappa shape index (κ2) is 1.74. The van der Waals surface area contributed by atoms with Gasteiger partial charge in [-0.15, -0.1) is 9.89 Å². The van der Waals surface area contributed by atoms with Crippen LogP contribution in [0.25, 0.3) is 0 Å². The van der Waals surface area contributed by atoms with E-state index in [4.69, 9.17) is 5.84 Å². The van der Waals surface area contributed by atoms with Crippen LogP contribution in [0, 0.1) is 0 Å². The number of tetrazole rings is 1. The number of hydrazine groups is 1. The monoisotopic (exact) mass is 114 g/mol. The van der Waals surface area contributed by atoms with E-state index >= 15 is 0 Å². The average molecular weight is 114 g/mol. The number of nitrogens with two attached hydrogens (primary N) is 1. The van der Waals surface area contributed by atoms with E-state index in [0.29, 0.717) is 0 Å². The molecule has 44 valence electrons. The second-order valence-electron chi connectivity index (χ2n) is 1.30. The fraction of sp³-hybridized carbons (Fsp3) is 0.500. The molecule has 0 aliphatic rings. The highest BCUT2D eigenvalue weighted by Gasteiger charge is 1.88. The van der Waals surface area contributed by atoms with E-state index in [-0.39, 0.29) is 0 Å². The molecule has 1 heterocycles. The van der Waals surface area contributed by atoms with Crippen molar-refractivity contribution in [1.82, 2.24) is 20.3 Å². The topological polar surface area (TPSA) is 72.9 Å². The van der Waals surface area contributed by atoms with Crippen LogP contribution in [-0.2, 0) is 0 Å². The van der Waals surface area contributed by atoms with Crippen molar-refractivity contribution in [3.63, 3.8) is 0 Å². The van der Waals surface area contributed by atoms with E-state index in [0.717, 1.165) is 0 Å². The molecular formula is C2H6N6. The lowest BCUT2D eigenvalue weighted by Crippen LogP contribution is -2.37. The van der Waals surface area contributed by atoms with Gasteiger partial charge in [0.25, 0.3) is 0 Å². The molecule has 0 aromatic carbocycles. The molecule has 0 radical (unpaired) electrons. The number of nitrogens with zero attached hydrogens (tertiary/aromatic N) is 5. The third kappa shape index (κ3) is 0.733. The van der Waals surface area contributed by atoms with Gasteiger partial charge in [0.15, 0.2) is 6.33 Å². The van der Waals surface area contributed by atoms with Crippen LogP contribution in [0.15, 0.2) is 6.33 Å². The number of aromatic nitrogens is 4. The fourth-order valence-electron chi connectivity index (χ4n) is 0.301. The second-order valence-corrected chi connectivity index (χ2v) is 1.30. The van der Waals surface area contributed by atoms with Crippen molar-refractivity contribution in [2.24, 2.45) is 5.84 Å². The molecule has 0 spiro atoms. The number of hydrogen-bond donors (Lipinski definition) is 1. The van der Waals surface area contributed by atoms with E-state index in [1.807, 2.05) is 0 Å². The van der Waals surface area contributed by atoms with Gasteiger partial charge in [0, 0.05) is 7.05 Å². The molecule has 1 aromatic rings. The van der Waals surface area contributed by atoms with Crippen LogP contribution < -0.4 is 11.0 Å². The van der Waals surface area contributed by atoms with Gasteiger partial charge in [0.2, 0.25) is 0 Å². The third-order valence-corrected chi connectivity index (χ3v) is 0.661. The van der Waals surface area contributed by atoms with E-state index in [2.05, 4.69) is 15.5 Å². The normalized spacial score (nSPS) is 9.25. The molecular weight excluding hydrogens is 108 g/mol. The molecule has 0 unspecified atom stereocenters. The van der Waals surface area contributed by atoms with Gasteiger partial charge < -0.3 is 0 Å². The smallest absolute Gasteiger partial charge is 0.163 e. The molecule has 1 rings (SSSR count). The largest absolute Gasteiger partial charge is 0.233 e. The summed E-state index contributed by atoms with van der Waals surface area (Å²) in [6, 6.07) is 0. The van der Waals surface area contributed by atoms with Gasteiger partial charge in [0.05, 0.1) is 0 Å². The summed E-state index contributed by atoms with van der Waals surface area (Å²) in [6.07, 6.45) is 1.40. The van der Waals surface area contributed by atoms with Gasteiger partial charge in [-0.05, 0) is 10.4 Å². The molecule has 1 aromatic heterocycles. The lowest BCUT2D eigenvalue weighted by molar-refractivity contribution is 0.576. The Labute approximate surface area is 45.8 Å². The van der Waals surface area contributed by atoms with Gasteiger partial charge in [-0.3, -0.25) is 0 Å². The molecule has 8 heavy (non-hydrogen) atoms. The molecule has 0 aliphatic carbocycles. The van der Waals surface area contributed by atoms with Crippen LogP contribution in [0.4, 0.5) is 0 Å². The first-order valence-electron chi connectivity index (χ1n) is 2.02. The Bertz CT molecular complexity index is 142. The van der Waals surface area contributed by atoms with Gasteiger partial charge in [-0.2, -0.15) is 0 Å². The first-order chi connectivity index (χ1) is 3.80. The fourth-order valence-corrected chi connectivity index (χ4v) is 0.301. The summed E-state index contributed by atoms with van der Waals surface area (Å²) in [5, 5.41) is 11.4. The Balaban J connectivity index is 2.77. The molecule has 0 fully saturated rings. The first-order valence-corrected chi connectivity index (χ1v) is 2.02. The van der Waals surface area contributed by atoms with Crippen molar-refractivity contribution in [2.45, 2.75) is 0 Å². The summed E-state index contributed by atoms with van der Waals surface area (Å²) in [7, 11) is 1.64. The van der Waals surface area contributed by atoms with Gasteiger partial charge >= 0.3 is 0 Å². The summed E-state index contributed by atoms with van der Waals surface area (Å²) in [6.45, 7) is 0. The highest BCUT2D eigenvalue weighted by atomic mass is 15.8. The molecule has 6 nitrogen and oxygen atoms in total. The number of rotatable bonds is 1. The minimum absolute atomic E-state index is 1.26. The Morgan fingerprint density at radius 2 is 2.50 bits per heavy atom. The SMILES string of the molecule is CN(N)n1cnnn1. The quantitative estimate of drug-likeness (QED) is 0.341. The van der Waals surface area contributed by atoms with Gasteiger partial charge in [0.1, 0.15) is 0 Å². The predicted octanol–water partition coefficient (Wildman–Crippen LogP) is -1.89. The van der Waals surface area contributed by atoms with Crippen LogP contribution in [-0.4, -0.2) is 27.4 Å². The molecule has 0 saturated heterocycles. The summed E-state index contributed by atoms with van der Waals surface area (Å²) in [5.41, 5.74) is 0. The van der Waals surface area contributed by atoms with Crippen molar-refractivity contribution in [1.29, 1.82) is 0 Å². The highest BCUT2D eigenvalue weighted by molar-refractivity contribution is 4.59. The maximum absolute atomic E-state index is 5.21. The van der Waals surface area contributed by atoms with E-state index in [1.165, 1.54) is 16.2 Å². The zero-order chi connectivity index (χ0) is 5.98. The lowest BCUT2D eigenvalue weighted by atomic mass is 11.3. The molecule has 6 heteroatoms. The van der Waals surface area contributed by atoms with Crippen LogP contribution >= 0.6 is 0 Å². The number of hydrogen-bond acceptors (Lipinski definition) is 5. The van der Waals surface area contributed by atoms with Crippen LogP contribution in [0.1, 0.15) is 0 Å². The lowest BCUT2D eigenvalue weighted by Gasteiger charge is -2.06. The van der Waals surface area contributed by atoms with Crippen LogP contribution in [0.5, 0.6) is 0 Å². The van der Waals surface area contributed by atoms with Crippen molar-refractivity contribution in [3.8, 4) is 0 Å². The standard InChI is InChI=1S/C2H6N6/c1-7(3)8-2-4-5-6-8/h2H,3H2,1H3. The van der Waals surface area contributed by atoms with E-state index < -0.39 is 0 Å². The Kier molecular flexibility index (Phi) is 1.09. The van der Waals surface area contributed by atoms with E-state index in [1.54, 1.807) is 7.05 Å². The molecule has 0 saturated carbocycles. The minimum atomic E-state index is 1.26. The maximum atomic E-state index is 5.21. The van der Waals surface area contributed by atoms with Crippen molar-refractivity contribution < 1.29 is 0 Å². The Hall–Kier alpha value is -1.17. The molecule has 0 atom stereocenters. The van der Waals surface area contributed by atoms with Crippen LogP contribution in [0.3, 0.4) is 0 Å². The highest BCUT2D eigenvalue weighted by Crippen LogP contribution is 1.67. The molecule has 2 N–H and O–H groups in total.